The fraction of sp³-hybridized carbons (Fsp3) is 0.269. The Kier molecular flexibility index (Phi) is 9.25. The number of rotatable bonds is 11. The summed E-state index contributed by atoms with van der Waals surface area (Å²) in [5.41, 5.74) is 3.27. The second-order valence-electron chi connectivity index (χ2n) is 7.73. The number of methoxy groups -OCH3 is 3. The number of carbonyl (C=O) groups is 3. The van der Waals surface area contributed by atoms with Crippen LogP contribution in [0.5, 0.6) is 11.5 Å². The predicted octanol–water partition coefficient (Wildman–Crippen LogP) is 3.98. The zero-order chi connectivity index (χ0) is 25.2. The lowest BCUT2D eigenvalue weighted by Crippen LogP contribution is -2.23. The normalized spacial score (nSPS) is 10.4. The van der Waals surface area contributed by atoms with Gasteiger partial charge in [-0.2, -0.15) is 11.3 Å². The summed E-state index contributed by atoms with van der Waals surface area (Å²) in [6.45, 7) is 0.197. The van der Waals surface area contributed by atoms with E-state index in [9.17, 15) is 14.4 Å². The van der Waals surface area contributed by atoms with Gasteiger partial charge in [0.25, 0.3) is 0 Å². The largest absolute Gasteiger partial charge is 0.493 e. The number of ether oxygens (including phenoxy) is 3. The van der Waals surface area contributed by atoms with Crippen molar-refractivity contribution in [1.29, 1.82) is 0 Å². The molecule has 0 saturated carbocycles. The molecule has 184 valence electrons. The summed E-state index contributed by atoms with van der Waals surface area (Å²) in [6.07, 6.45) is 1.03. The third kappa shape index (κ3) is 7.58. The van der Waals surface area contributed by atoms with Gasteiger partial charge >= 0.3 is 5.97 Å². The van der Waals surface area contributed by atoms with Gasteiger partial charge < -0.3 is 24.8 Å². The minimum absolute atomic E-state index is 0.147. The maximum absolute atomic E-state index is 12.5. The van der Waals surface area contributed by atoms with Crippen molar-refractivity contribution in [2.45, 2.75) is 25.8 Å². The molecule has 0 aliphatic carbocycles. The van der Waals surface area contributed by atoms with E-state index in [1.54, 1.807) is 38.5 Å². The Morgan fingerprint density at radius 1 is 0.857 bits per heavy atom. The summed E-state index contributed by atoms with van der Waals surface area (Å²) in [5.74, 6) is 0.365. The van der Waals surface area contributed by atoms with Gasteiger partial charge in [-0.05, 0) is 70.3 Å². The molecule has 0 spiro atoms. The van der Waals surface area contributed by atoms with E-state index in [-0.39, 0.29) is 36.8 Å². The number of amides is 2. The van der Waals surface area contributed by atoms with Crippen LogP contribution in [0.2, 0.25) is 0 Å². The van der Waals surface area contributed by atoms with Crippen LogP contribution in [0, 0.1) is 0 Å². The minimum Gasteiger partial charge on any atom is -0.493 e. The molecule has 9 heteroatoms. The number of hydrogen-bond acceptors (Lipinski definition) is 7. The van der Waals surface area contributed by atoms with Gasteiger partial charge in [0.05, 0.1) is 33.3 Å². The summed E-state index contributed by atoms with van der Waals surface area (Å²) in [6, 6.07) is 12.3. The third-order valence-electron chi connectivity index (χ3n) is 5.22. The lowest BCUT2D eigenvalue weighted by molar-refractivity contribution is -0.121. The Hall–Kier alpha value is -3.85. The number of hydrogen-bond donors (Lipinski definition) is 2. The molecule has 3 aromatic rings. The Morgan fingerprint density at radius 2 is 1.66 bits per heavy atom. The topological polar surface area (TPSA) is 103 Å². The first kappa shape index (κ1) is 25.8. The van der Waals surface area contributed by atoms with Gasteiger partial charge in [0.15, 0.2) is 11.5 Å². The monoisotopic (exact) mass is 496 g/mol. The van der Waals surface area contributed by atoms with Crippen LogP contribution in [0.25, 0.3) is 0 Å². The second kappa shape index (κ2) is 12.6. The summed E-state index contributed by atoms with van der Waals surface area (Å²) in [7, 11) is 4.43. The molecule has 0 atom stereocenters. The lowest BCUT2D eigenvalue weighted by Gasteiger charge is -2.12. The molecule has 0 aliphatic heterocycles. The molecule has 0 aliphatic rings. The molecule has 3 rings (SSSR count). The number of benzene rings is 2. The van der Waals surface area contributed by atoms with Crippen molar-refractivity contribution in [3.63, 3.8) is 0 Å². The number of anilines is 1. The van der Waals surface area contributed by atoms with E-state index in [0.717, 1.165) is 11.1 Å². The first-order valence-electron chi connectivity index (χ1n) is 10.9. The van der Waals surface area contributed by atoms with Crippen LogP contribution in [-0.2, 0) is 33.7 Å². The quantitative estimate of drug-likeness (QED) is 0.389. The highest BCUT2D eigenvalue weighted by Gasteiger charge is 2.13. The van der Waals surface area contributed by atoms with Crippen LogP contribution >= 0.6 is 11.3 Å². The smallest absolute Gasteiger partial charge is 0.337 e. The Balaban J connectivity index is 1.61. The second-order valence-corrected chi connectivity index (χ2v) is 8.51. The van der Waals surface area contributed by atoms with Crippen LogP contribution in [0.4, 0.5) is 5.69 Å². The van der Waals surface area contributed by atoms with Crippen LogP contribution in [0.3, 0.4) is 0 Å². The minimum atomic E-state index is -0.528. The molecule has 2 aromatic carbocycles. The van der Waals surface area contributed by atoms with Crippen LogP contribution in [0.1, 0.15) is 33.5 Å². The molecule has 0 fully saturated rings. The zero-order valence-electron chi connectivity index (χ0n) is 19.9. The van der Waals surface area contributed by atoms with Gasteiger partial charge in [-0.25, -0.2) is 4.79 Å². The molecule has 2 amide bonds. The average molecular weight is 497 g/mol. The highest BCUT2D eigenvalue weighted by Crippen LogP contribution is 2.28. The van der Waals surface area contributed by atoms with E-state index in [0.29, 0.717) is 29.2 Å². The fourth-order valence-electron chi connectivity index (χ4n) is 3.47. The molecule has 0 bridgehead atoms. The number of carbonyl (C=O) groups excluding carboxylic acids is 3. The molecule has 2 N–H and O–H groups in total. The highest BCUT2D eigenvalue weighted by atomic mass is 32.1. The van der Waals surface area contributed by atoms with Crippen LogP contribution in [-0.4, -0.2) is 39.1 Å². The number of thiophene rings is 1. The van der Waals surface area contributed by atoms with Gasteiger partial charge in [-0.3, -0.25) is 9.59 Å². The Labute approximate surface area is 208 Å². The Bertz CT molecular complexity index is 1180. The summed E-state index contributed by atoms with van der Waals surface area (Å²) < 4.78 is 15.4. The van der Waals surface area contributed by atoms with Crippen molar-refractivity contribution in [3.05, 3.63) is 75.5 Å². The van der Waals surface area contributed by atoms with Crippen molar-refractivity contribution >= 4 is 34.8 Å². The van der Waals surface area contributed by atoms with Crippen molar-refractivity contribution in [1.82, 2.24) is 5.32 Å². The van der Waals surface area contributed by atoms with E-state index in [1.165, 1.54) is 18.4 Å². The summed E-state index contributed by atoms with van der Waals surface area (Å²) in [5, 5.41) is 9.50. The Morgan fingerprint density at radius 3 is 2.34 bits per heavy atom. The maximum atomic E-state index is 12.5. The van der Waals surface area contributed by atoms with E-state index in [1.807, 2.05) is 29.0 Å². The van der Waals surface area contributed by atoms with Crippen LogP contribution in [0.15, 0.2) is 53.2 Å². The average Bonchev–Trinajstić information content (AvgIpc) is 3.38. The van der Waals surface area contributed by atoms with Crippen molar-refractivity contribution < 1.29 is 28.6 Å². The molecule has 8 nitrogen and oxygen atoms in total. The lowest BCUT2D eigenvalue weighted by atomic mass is 10.1. The molecule has 0 radical (unpaired) electrons. The van der Waals surface area contributed by atoms with Gasteiger partial charge in [-0.1, -0.05) is 6.07 Å². The molecule has 35 heavy (non-hydrogen) atoms. The van der Waals surface area contributed by atoms with E-state index >= 15 is 0 Å². The predicted molar refractivity (Wildman–Crippen MR) is 134 cm³/mol. The molecule has 0 saturated heterocycles. The van der Waals surface area contributed by atoms with Crippen molar-refractivity contribution in [2.24, 2.45) is 0 Å². The first-order chi connectivity index (χ1) is 16.9. The maximum Gasteiger partial charge on any atom is 0.337 e. The molecule has 0 unspecified atom stereocenters. The summed E-state index contributed by atoms with van der Waals surface area (Å²) >= 11 is 1.52. The molecular formula is C26H28N2O6S. The standard InChI is InChI=1S/C26H28N2O6S/c1-32-22-6-4-17(12-23(22)33-2)5-7-24(29)27-15-19-10-20(26(31)34-3)14-21(11-19)28-25(30)13-18-8-9-35-16-18/h4,6,8-12,14,16H,5,7,13,15H2,1-3H3,(H,27,29)(H,28,30). The molecule has 1 aromatic heterocycles. The highest BCUT2D eigenvalue weighted by molar-refractivity contribution is 7.08. The van der Waals surface area contributed by atoms with Crippen LogP contribution < -0.4 is 20.1 Å². The number of aryl methyl sites for hydroxylation is 1. The van der Waals surface area contributed by atoms with Gasteiger partial charge in [-0.15, -0.1) is 0 Å². The van der Waals surface area contributed by atoms with Gasteiger partial charge in [0.1, 0.15) is 0 Å². The first-order valence-corrected chi connectivity index (χ1v) is 11.9. The fourth-order valence-corrected chi connectivity index (χ4v) is 4.14. The van der Waals surface area contributed by atoms with E-state index in [2.05, 4.69) is 10.6 Å². The third-order valence-corrected chi connectivity index (χ3v) is 5.95. The van der Waals surface area contributed by atoms with E-state index in [4.69, 9.17) is 14.2 Å². The molecule has 1 heterocycles. The van der Waals surface area contributed by atoms with Gasteiger partial charge in [0.2, 0.25) is 11.8 Å². The summed E-state index contributed by atoms with van der Waals surface area (Å²) in [4.78, 5) is 37.0. The van der Waals surface area contributed by atoms with Crippen molar-refractivity contribution in [3.8, 4) is 11.5 Å². The zero-order valence-corrected chi connectivity index (χ0v) is 20.7. The number of esters is 1. The van der Waals surface area contributed by atoms with E-state index < -0.39 is 5.97 Å². The number of nitrogens with one attached hydrogen (secondary N) is 2. The van der Waals surface area contributed by atoms with Crippen molar-refractivity contribution in [2.75, 3.05) is 26.6 Å². The SMILES string of the molecule is COC(=O)c1cc(CNC(=O)CCc2ccc(OC)c(OC)c2)cc(NC(=O)Cc2ccsc2)c1. The van der Waals surface area contributed by atoms with Gasteiger partial charge in [0, 0.05) is 18.7 Å². The molecular weight excluding hydrogens is 468 g/mol.